The summed E-state index contributed by atoms with van der Waals surface area (Å²) in [6, 6.07) is 5.79. The molecule has 1 unspecified atom stereocenters. The first-order chi connectivity index (χ1) is 10.3. The maximum atomic E-state index is 11.6. The number of thioether (sulfide) groups is 2. The van der Waals surface area contributed by atoms with E-state index in [-0.39, 0.29) is 11.8 Å². The Balaban J connectivity index is 1.60. The van der Waals surface area contributed by atoms with Gasteiger partial charge in [0.05, 0.1) is 11.1 Å². The van der Waals surface area contributed by atoms with Crippen LogP contribution in [-0.2, 0) is 9.59 Å². The summed E-state index contributed by atoms with van der Waals surface area (Å²) in [5, 5.41) is 1.13. The molecule has 1 aliphatic heterocycles. The summed E-state index contributed by atoms with van der Waals surface area (Å²) in [5.74, 6) is 2.11. The number of pyridine rings is 1. The van der Waals surface area contributed by atoms with Crippen LogP contribution in [0.4, 0.5) is 0 Å². The van der Waals surface area contributed by atoms with Crippen molar-refractivity contribution in [3.8, 4) is 0 Å². The van der Waals surface area contributed by atoms with Gasteiger partial charge in [-0.05, 0) is 12.1 Å². The van der Waals surface area contributed by atoms with Crippen LogP contribution in [0.5, 0.6) is 0 Å². The van der Waals surface area contributed by atoms with Gasteiger partial charge in [0, 0.05) is 36.3 Å². The van der Waals surface area contributed by atoms with Crippen LogP contribution in [0.15, 0.2) is 35.6 Å². The van der Waals surface area contributed by atoms with E-state index in [2.05, 4.69) is 20.4 Å². The molecule has 2 aromatic rings. The SMILES string of the molecule is O=CC(=O)C1CSCN1CCSc1cccc2nccn12. The maximum Gasteiger partial charge on any atom is 0.213 e. The van der Waals surface area contributed by atoms with E-state index in [4.69, 9.17) is 0 Å². The van der Waals surface area contributed by atoms with Gasteiger partial charge in [-0.1, -0.05) is 6.07 Å². The molecule has 0 amide bonds. The predicted octanol–water partition coefficient (Wildman–Crippen LogP) is 1.57. The monoisotopic (exact) mass is 321 g/mol. The molecule has 0 saturated carbocycles. The van der Waals surface area contributed by atoms with Gasteiger partial charge in [-0.15, -0.1) is 23.5 Å². The zero-order chi connectivity index (χ0) is 14.7. The Labute approximate surface area is 131 Å². The van der Waals surface area contributed by atoms with Crippen molar-refractivity contribution in [1.29, 1.82) is 0 Å². The Morgan fingerprint density at radius 1 is 1.52 bits per heavy atom. The van der Waals surface area contributed by atoms with E-state index in [0.717, 1.165) is 34.6 Å². The number of imidazole rings is 1. The van der Waals surface area contributed by atoms with Crippen LogP contribution < -0.4 is 0 Å². The molecule has 2 aromatic heterocycles. The summed E-state index contributed by atoms with van der Waals surface area (Å²) in [5.41, 5.74) is 0.936. The lowest BCUT2D eigenvalue weighted by molar-refractivity contribution is -0.132. The fourth-order valence-corrected chi connectivity index (χ4v) is 4.60. The molecule has 0 aromatic carbocycles. The van der Waals surface area contributed by atoms with Gasteiger partial charge in [-0.25, -0.2) is 4.98 Å². The highest BCUT2D eigenvalue weighted by atomic mass is 32.2. The summed E-state index contributed by atoms with van der Waals surface area (Å²) in [4.78, 5) is 28.6. The van der Waals surface area contributed by atoms with Gasteiger partial charge in [-0.2, -0.15) is 0 Å². The quantitative estimate of drug-likeness (QED) is 0.457. The minimum atomic E-state index is -0.304. The van der Waals surface area contributed by atoms with Crippen molar-refractivity contribution < 1.29 is 9.59 Å². The molecule has 0 N–H and O–H groups in total. The Hall–Kier alpha value is -1.31. The molecule has 0 bridgehead atoms. The Morgan fingerprint density at radius 2 is 2.43 bits per heavy atom. The topological polar surface area (TPSA) is 54.7 Å². The third kappa shape index (κ3) is 3.14. The standard InChI is InChI=1S/C14H15N3O2S2/c18-8-12(19)11-9-20-10-16(11)6-7-21-14-3-1-2-13-15-4-5-17(13)14/h1-5,8,11H,6-7,9-10H2. The lowest BCUT2D eigenvalue weighted by atomic mass is 10.2. The average Bonchev–Trinajstić information content (AvgIpc) is 3.15. The van der Waals surface area contributed by atoms with E-state index in [1.165, 1.54) is 0 Å². The number of rotatable bonds is 6. The summed E-state index contributed by atoms with van der Waals surface area (Å²) >= 11 is 3.44. The molecular formula is C14H15N3O2S2. The van der Waals surface area contributed by atoms with E-state index in [1.807, 2.05) is 18.3 Å². The second-order valence-corrected chi connectivity index (χ2v) is 6.83. The molecule has 7 heteroatoms. The van der Waals surface area contributed by atoms with Gasteiger partial charge < -0.3 is 0 Å². The van der Waals surface area contributed by atoms with E-state index >= 15 is 0 Å². The number of ketones is 1. The normalized spacial score (nSPS) is 19.1. The highest BCUT2D eigenvalue weighted by molar-refractivity contribution is 7.99. The van der Waals surface area contributed by atoms with Crippen LogP contribution in [0.1, 0.15) is 0 Å². The van der Waals surface area contributed by atoms with Crippen LogP contribution in [0.2, 0.25) is 0 Å². The number of nitrogens with zero attached hydrogens (tertiary/aromatic N) is 3. The van der Waals surface area contributed by atoms with Crippen LogP contribution in [0.3, 0.4) is 0 Å². The van der Waals surface area contributed by atoms with Crippen molar-refractivity contribution in [2.45, 2.75) is 11.1 Å². The Morgan fingerprint density at radius 3 is 3.29 bits per heavy atom. The van der Waals surface area contributed by atoms with E-state index in [0.29, 0.717) is 6.29 Å². The molecule has 0 aliphatic carbocycles. The number of hydrogen-bond donors (Lipinski definition) is 0. The van der Waals surface area contributed by atoms with E-state index < -0.39 is 0 Å². The molecule has 1 aliphatic rings. The van der Waals surface area contributed by atoms with Gasteiger partial charge in [0.25, 0.3) is 0 Å². The largest absolute Gasteiger partial charge is 0.295 e. The summed E-state index contributed by atoms with van der Waals surface area (Å²) in [6.45, 7) is 0.799. The van der Waals surface area contributed by atoms with Crippen molar-refractivity contribution in [2.24, 2.45) is 0 Å². The van der Waals surface area contributed by atoms with Crippen molar-refractivity contribution >= 4 is 41.2 Å². The molecule has 3 rings (SSSR count). The van der Waals surface area contributed by atoms with Crippen molar-refractivity contribution in [3.63, 3.8) is 0 Å². The average molecular weight is 321 g/mol. The zero-order valence-corrected chi connectivity index (χ0v) is 13.0. The lowest BCUT2D eigenvalue weighted by Crippen LogP contribution is -2.39. The fraction of sp³-hybridized carbons (Fsp3) is 0.357. The summed E-state index contributed by atoms with van der Waals surface area (Å²) in [6.07, 6.45) is 4.18. The third-order valence-electron chi connectivity index (χ3n) is 3.44. The van der Waals surface area contributed by atoms with Gasteiger partial charge in [0.1, 0.15) is 5.65 Å². The number of carbonyl (C=O) groups is 2. The molecule has 1 atom stereocenters. The second kappa shape index (κ2) is 6.64. The van der Waals surface area contributed by atoms with Crippen molar-refractivity contribution in [2.75, 3.05) is 23.9 Å². The van der Waals surface area contributed by atoms with Crippen LogP contribution in [0.25, 0.3) is 5.65 Å². The fourth-order valence-electron chi connectivity index (χ4n) is 2.34. The van der Waals surface area contributed by atoms with E-state index in [1.54, 1.807) is 29.7 Å². The minimum absolute atomic E-state index is 0.239. The molecule has 3 heterocycles. The predicted molar refractivity (Wildman–Crippen MR) is 84.8 cm³/mol. The number of Topliss-reactive ketones (excluding diaryl/α,β-unsaturated/α-hetero) is 1. The van der Waals surface area contributed by atoms with E-state index in [9.17, 15) is 9.59 Å². The summed E-state index contributed by atoms with van der Waals surface area (Å²) in [7, 11) is 0. The van der Waals surface area contributed by atoms with Crippen LogP contribution >= 0.6 is 23.5 Å². The molecule has 5 nitrogen and oxygen atoms in total. The van der Waals surface area contributed by atoms with Gasteiger partial charge in [0.2, 0.25) is 5.78 Å². The maximum absolute atomic E-state index is 11.6. The molecule has 21 heavy (non-hydrogen) atoms. The Kier molecular flexibility index (Phi) is 4.62. The second-order valence-electron chi connectivity index (χ2n) is 4.72. The van der Waals surface area contributed by atoms with Gasteiger partial charge >= 0.3 is 0 Å². The number of aromatic nitrogens is 2. The first kappa shape index (κ1) is 14.6. The van der Waals surface area contributed by atoms with Crippen LogP contribution in [-0.4, -0.2) is 56.3 Å². The van der Waals surface area contributed by atoms with Crippen LogP contribution in [0, 0.1) is 0 Å². The van der Waals surface area contributed by atoms with Gasteiger partial charge in [-0.3, -0.25) is 18.9 Å². The highest BCUT2D eigenvalue weighted by Gasteiger charge is 2.30. The number of aldehydes is 1. The smallest absolute Gasteiger partial charge is 0.213 e. The molecule has 0 spiro atoms. The molecular weight excluding hydrogens is 306 g/mol. The highest BCUT2D eigenvalue weighted by Crippen LogP contribution is 2.24. The van der Waals surface area contributed by atoms with Crippen molar-refractivity contribution in [1.82, 2.24) is 14.3 Å². The first-order valence-corrected chi connectivity index (χ1v) is 8.79. The Bertz CT molecular complexity index is 658. The number of hydrogen-bond acceptors (Lipinski definition) is 6. The first-order valence-electron chi connectivity index (χ1n) is 6.65. The molecule has 1 saturated heterocycles. The number of fused-ring (bicyclic) bond motifs is 1. The minimum Gasteiger partial charge on any atom is -0.295 e. The third-order valence-corrected chi connectivity index (χ3v) is 5.52. The number of carbonyl (C=O) groups excluding carboxylic acids is 2. The lowest BCUT2D eigenvalue weighted by Gasteiger charge is -2.20. The van der Waals surface area contributed by atoms with Gasteiger partial charge in [0.15, 0.2) is 6.29 Å². The molecule has 0 radical (unpaired) electrons. The molecule has 110 valence electrons. The van der Waals surface area contributed by atoms with Crippen molar-refractivity contribution in [3.05, 3.63) is 30.6 Å². The zero-order valence-electron chi connectivity index (χ0n) is 11.3. The molecule has 1 fully saturated rings. The summed E-state index contributed by atoms with van der Waals surface area (Å²) < 4.78 is 2.05.